The number of nitriles is 1. The first kappa shape index (κ1) is 23.0. The Hall–Kier alpha value is -2.66. The lowest BCUT2D eigenvalue weighted by Crippen LogP contribution is -2.39. The second-order valence-electron chi connectivity index (χ2n) is 9.27. The Kier molecular flexibility index (Phi) is 6.85. The van der Waals surface area contributed by atoms with Crippen molar-refractivity contribution in [1.29, 1.82) is 5.26 Å². The summed E-state index contributed by atoms with van der Waals surface area (Å²) < 4.78 is 15.4. The monoisotopic (exact) mass is 430 g/mol. The van der Waals surface area contributed by atoms with Gasteiger partial charge in [0.2, 0.25) is 0 Å². The first-order valence-corrected chi connectivity index (χ1v) is 10.9. The Balaban J connectivity index is 2.11. The number of nitrogens with zero attached hydrogens (tertiary/aromatic N) is 2. The van der Waals surface area contributed by atoms with E-state index < -0.39 is 23.5 Å². The molecule has 1 aromatic heterocycles. The second-order valence-corrected chi connectivity index (χ2v) is 9.27. The van der Waals surface area contributed by atoms with Crippen molar-refractivity contribution in [3.05, 3.63) is 55.5 Å². The van der Waals surface area contributed by atoms with Crippen LogP contribution in [-0.2, 0) is 6.54 Å². The van der Waals surface area contributed by atoms with Gasteiger partial charge in [-0.25, -0.2) is 9.18 Å². The molecule has 3 rings (SSSR count). The zero-order chi connectivity index (χ0) is 22.9. The van der Waals surface area contributed by atoms with Gasteiger partial charge in [-0.2, -0.15) is 5.26 Å². The van der Waals surface area contributed by atoms with Gasteiger partial charge in [0.1, 0.15) is 12.3 Å². The van der Waals surface area contributed by atoms with E-state index in [2.05, 4.69) is 11.1 Å². The fourth-order valence-corrected chi connectivity index (χ4v) is 4.93. The smallest absolute Gasteiger partial charge is 0.328 e. The summed E-state index contributed by atoms with van der Waals surface area (Å²) in [7, 11) is 0. The van der Waals surface area contributed by atoms with E-state index >= 15 is 0 Å². The number of aliphatic hydroxyl groups excluding tert-OH is 1. The van der Waals surface area contributed by atoms with Gasteiger partial charge in [0.05, 0.1) is 17.7 Å². The maximum atomic E-state index is 14.0. The Bertz CT molecular complexity index is 1050. The average Bonchev–Trinajstić information content (AvgIpc) is 2.67. The SMILES string of the molecule is CC1C=C(C(O)c2c(C(C)C)c(=O)[nH]c(=O)n2CC2CC(N)=CC(F)C2)CC(C#N)C1. The molecule has 0 aromatic carbocycles. The minimum absolute atomic E-state index is 0.100. The predicted octanol–water partition coefficient (Wildman–Crippen LogP) is 2.78. The van der Waals surface area contributed by atoms with Crippen molar-refractivity contribution in [2.75, 3.05) is 0 Å². The Morgan fingerprint density at radius 1 is 1.32 bits per heavy atom. The molecule has 0 bridgehead atoms. The number of nitrogens with two attached hydrogens (primary N) is 1. The molecule has 2 aliphatic carbocycles. The molecule has 0 radical (unpaired) electrons. The number of H-pyrrole nitrogens is 1. The van der Waals surface area contributed by atoms with Gasteiger partial charge in [0.15, 0.2) is 0 Å². The highest BCUT2D eigenvalue weighted by atomic mass is 19.1. The van der Waals surface area contributed by atoms with Crippen LogP contribution in [0.3, 0.4) is 0 Å². The number of nitrogens with one attached hydrogen (secondary N) is 1. The molecule has 0 saturated heterocycles. The molecule has 1 aromatic rings. The molecule has 0 aliphatic heterocycles. The molecular weight excluding hydrogens is 399 g/mol. The van der Waals surface area contributed by atoms with E-state index in [9.17, 15) is 24.3 Å². The van der Waals surface area contributed by atoms with Gasteiger partial charge in [-0.1, -0.05) is 26.8 Å². The lowest BCUT2D eigenvalue weighted by Gasteiger charge is -2.30. The number of alkyl halides is 1. The third-order valence-electron chi connectivity index (χ3n) is 6.20. The molecular formula is C23H31FN4O3. The summed E-state index contributed by atoms with van der Waals surface area (Å²) in [6.07, 6.45) is 2.68. The van der Waals surface area contributed by atoms with Crippen LogP contribution < -0.4 is 17.0 Å². The third kappa shape index (κ3) is 4.99. The summed E-state index contributed by atoms with van der Waals surface area (Å²) in [5.41, 5.74) is 6.34. The number of aromatic amines is 1. The maximum absolute atomic E-state index is 14.0. The average molecular weight is 431 g/mol. The van der Waals surface area contributed by atoms with Crippen molar-refractivity contribution in [2.45, 2.75) is 71.2 Å². The molecule has 4 N–H and O–H groups in total. The largest absolute Gasteiger partial charge is 0.402 e. The minimum Gasteiger partial charge on any atom is -0.402 e. The molecule has 5 atom stereocenters. The zero-order valence-corrected chi connectivity index (χ0v) is 18.3. The van der Waals surface area contributed by atoms with Gasteiger partial charge in [-0.05, 0) is 55.1 Å². The van der Waals surface area contributed by atoms with Crippen LogP contribution in [0.2, 0.25) is 0 Å². The number of aliphatic hydroxyl groups is 1. The van der Waals surface area contributed by atoms with Crippen molar-refractivity contribution in [2.24, 2.45) is 23.5 Å². The van der Waals surface area contributed by atoms with E-state index in [0.29, 0.717) is 36.1 Å². The molecule has 0 fully saturated rings. The van der Waals surface area contributed by atoms with Crippen molar-refractivity contribution in [3.63, 3.8) is 0 Å². The van der Waals surface area contributed by atoms with E-state index in [-0.39, 0.29) is 42.3 Å². The van der Waals surface area contributed by atoms with Crippen molar-refractivity contribution < 1.29 is 9.50 Å². The predicted molar refractivity (Wildman–Crippen MR) is 116 cm³/mol. The van der Waals surface area contributed by atoms with Crippen LogP contribution in [0.5, 0.6) is 0 Å². The normalized spacial score (nSPS) is 27.4. The highest BCUT2D eigenvalue weighted by molar-refractivity contribution is 5.31. The quantitative estimate of drug-likeness (QED) is 0.620. The van der Waals surface area contributed by atoms with Gasteiger partial charge in [0.25, 0.3) is 5.56 Å². The van der Waals surface area contributed by atoms with Crippen LogP contribution in [0, 0.1) is 29.1 Å². The minimum atomic E-state index is -1.19. The molecule has 7 nitrogen and oxygen atoms in total. The number of hydrogen-bond acceptors (Lipinski definition) is 5. The molecule has 1 heterocycles. The van der Waals surface area contributed by atoms with Crippen LogP contribution in [0.15, 0.2) is 33.0 Å². The van der Waals surface area contributed by atoms with Crippen molar-refractivity contribution in [1.82, 2.24) is 9.55 Å². The molecule has 0 saturated carbocycles. The topological polar surface area (TPSA) is 125 Å². The lowest BCUT2D eigenvalue weighted by atomic mass is 9.80. The van der Waals surface area contributed by atoms with Gasteiger partial charge < -0.3 is 10.8 Å². The van der Waals surface area contributed by atoms with Crippen LogP contribution in [0.4, 0.5) is 4.39 Å². The Labute approximate surface area is 181 Å². The number of hydrogen-bond donors (Lipinski definition) is 3. The second kappa shape index (κ2) is 9.23. The summed E-state index contributed by atoms with van der Waals surface area (Å²) >= 11 is 0. The zero-order valence-electron chi connectivity index (χ0n) is 18.3. The number of rotatable bonds is 5. The Morgan fingerprint density at radius 3 is 2.65 bits per heavy atom. The fourth-order valence-electron chi connectivity index (χ4n) is 4.93. The first-order valence-electron chi connectivity index (χ1n) is 10.9. The van der Waals surface area contributed by atoms with E-state index in [4.69, 9.17) is 5.73 Å². The van der Waals surface area contributed by atoms with E-state index in [1.54, 1.807) is 0 Å². The van der Waals surface area contributed by atoms with Crippen LogP contribution in [0.25, 0.3) is 0 Å². The van der Waals surface area contributed by atoms with E-state index in [1.165, 1.54) is 10.6 Å². The standard InChI is InChI=1S/C23H31FN4O3/c1-12(2)19-20(21(29)16-5-13(3)4-14(6-16)10-25)28(23(31)27-22(19)30)11-15-7-17(24)9-18(26)8-15/h5,9,12-15,17,21,29H,4,6-8,11,26H2,1-3H3,(H,27,30,31). The van der Waals surface area contributed by atoms with Crippen molar-refractivity contribution in [3.8, 4) is 6.07 Å². The molecule has 168 valence electrons. The summed E-state index contributed by atoms with van der Waals surface area (Å²) in [6.45, 7) is 5.76. The summed E-state index contributed by atoms with van der Waals surface area (Å²) in [5, 5.41) is 20.8. The molecule has 0 amide bonds. The molecule has 31 heavy (non-hydrogen) atoms. The summed E-state index contributed by atoms with van der Waals surface area (Å²) in [5.74, 6) is -0.618. The summed E-state index contributed by atoms with van der Waals surface area (Å²) in [6, 6.07) is 2.27. The summed E-state index contributed by atoms with van der Waals surface area (Å²) in [4.78, 5) is 27.9. The van der Waals surface area contributed by atoms with Gasteiger partial charge in [-0.15, -0.1) is 0 Å². The maximum Gasteiger partial charge on any atom is 0.328 e. The molecule has 2 aliphatic rings. The lowest BCUT2D eigenvalue weighted by molar-refractivity contribution is 0.183. The molecule has 5 unspecified atom stereocenters. The molecule has 0 spiro atoms. The van der Waals surface area contributed by atoms with Gasteiger partial charge >= 0.3 is 5.69 Å². The van der Waals surface area contributed by atoms with E-state index in [1.807, 2.05) is 26.8 Å². The van der Waals surface area contributed by atoms with Crippen LogP contribution in [-0.4, -0.2) is 20.8 Å². The van der Waals surface area contributed by atoms with Gasteiger partial charge in [-0.3, -0.25) is 14.3 Å². The number of halogens is 1. The molecule has 8 heteroatoms. The van der Waals surface area contributed by atoms with E-state index in [0.717, 1.165) is 0 Å². The van der Waals surface area contributed by atoms with Crippen LogP contribution in [0.1, 0.15) is 69.7 Å². The van der Waals surface area contributed by atoms with Gasteiger partial charge in [0, 0.05) is 17.8 Å². The fraction of sp³-hybridized carbons (Fsp3) is 0.609. The Morgan fingerprint density at radius 2 is 2.03 bits per heavy atom. The van der Waals surface area contributed by atoms with Crippen LogP contribution >= 0.6 is 0 Å². The highest BCUT2D eigenvalue weighted by Gasteiger charge is 2.31. The highest BCUT2D eigenvalue weighted by Crippen LogP contribution is 2.37. The first-order chi connectivity index (χ1) is 14.6. The third-order valence-corrected chi connectivity index (χ3v) is 6.20. The van der Waals surface area contributed by atoms with Crippen molar-refractivity contribution >= 4 is 0 Å². The number of allylic oxidation sites excluding steroid dienone is 3. The number of aromatic nitrogens is 2.